The normalized spacial score (nSPS) is 15.4. The Morgan fingerprint density at radius 2 is 1.96 bits per heavy atom. The van der Waals surface area contributed by atoms with Crippen molar-refractivity contribution in [2.75, 3.05) is 20.8 Å². The number of amides is 1. The van der Waals surface area contributed by atoms with Crippen molar-refractivity contribution >= 4 is 51.9 Å². The van der Waals surface area contributed by atoms with Gasteiger partial charge in [0.25, 0.3) is 5.91 Å². The highest BCUT2D eigenvalue weighted by Crippen LogP contribution is 2.35. The molecule has 146 valence electrons. The van der Waals surface area contributed by atoms with Crippen LogP contribution in [-0.2, 0) is 11.2 Å². The zero-order valence-electron chi connectivity index (χ0n) is 15.2. The van der Waals surface area contributed by atoms with Crippen LogP contribution in [0, 0.1) is 5.82 Å². The molecular weight excluding hydrogens is 421 g/mol. The third-order valence-corrected chi connectivity index (χ3v) is 5.93. The van der Waals surface area contributed by atoms with E-state index in [9.17, 15) is 9.18 Å². The van der Waals surface area contributed by atoms with Crippen LogP contribution in [0.5, 0.6) is 11.5 Å². The number of hydrogen-bond donors (Lipinski definition) is 0. The van der Waals surface area contributed by atoms with Gasteiger partial charge in [-0.2, -0.15) is 0 Å². The summed E-state index contributed by atoms with van der Waals surface area (Å²) in [5.74, 6) is 0.527. The number of thioether (sulfide) groups is 1. The lowest BCUT2D eigenvalue weighted by atomic mass is 10.1. The average Bonchev–Trinajstić information content (AvgIpc) is 2.95. The van der Waals surface area contributed by atoms with Crippen molar-refractivity contribution in [3.05, 3.63) is 63.3 Å². The smallest absolute Gasteiger partial charge is 0.266 e. The van der Waals surface area contributed by atoms with Gasteiger partial charge in [-0.1, -0.05) is 47.7 Å². The lowest BCUT2D eigenvalue weighted by molar-refractivity contribution is -0.122. The predicted octanol–water partition coefficient (Wildman–Crippen LogP) is 4.94. The molecule has 0 atom stereocenters. The minimum Gasteiger partial charge on any atom is -0.493 e. The third-order valence-electron chi connectivity index (χ3n) is 4.22. The molecule has 3 rings (SSSR count). The first-order chi connectivity index (χ1) is 13.4. The molecule has 0 radical (unpaired) electrons. The second kappa shape index (κ2) is 8.94. The summed E-state index contributed by atoms with van der Waals surface area (Å²) in [5.41, 5.74) is 1.16. The summed E-state index contributed by atoms with van der Waals surface area (Å²) in [7, 11) is 3.15. The fourth-order valence-corrected chi connectivity index (χ4v) is 4.26. The van der Waals surface area contributed by atoms with Crippen molar-refractivity contribution in [2.45, 2.75) is 6.42 Å². The standard InChI is InChI=1S/C20H17ClFNO3S2/c1-25-16-7-6-12(10-17(16)26-2)8-9-23-19(24)18(28-20(23)27)11-13-14(21)4-3-5-15(13)22/h3-7,10-11H,8-9H2,1-2H3/b18-11+. The van der Waals surface area contributed by atoms with Gasteiger partial charge < -0.3 is 9.47 Å². The molecule has 0 spiro atoms. The molecule has 1 aliphatic heterocycles. The molecule has 2 aromatic rings. The Morgan fingerprint density at radius 3 is 2.64 bits per heavy atom. The van der Waals surface area contributed by atoms with Crippen LogP contribution >= 0.6 is 35.6 Å². The molecule has 0 bridgehead atoms. The van der Waals surface area contributed by atoms with Gasteiger partial charge in [-0.3, -0.25) is 9.69 Å². The summed E-state index contributed by atoms with van der Waals surface area (Å²) in [6.45, 7) is 0.405. The Labute approximate surface area is 177 Å². The van der Waals surface area contributed by atoms with Gasteiger partial charge in [-0.05, 0) is 42.3 Å². The molecule has 1 heterocycles. The van der Waals surface area contributed by atoms with E-state index in [1.165, 1.54) is 23.1 Å². The Kier molecular flexibility index (Phi) is 6.59. The molecule has 4 nitrogen and oxygen atoms in total. The summed E-state index contributed by atoms with van der Waals surface area (Å²) in [6.07, 6.45) is 2.04. The van der Waals surface area contributed by atoms with E-state index < -0.39 is 5.82 Å². The molecule has 1 fully saturated rings. The van der Waals surface area contributed by atoms with E-state index in [0.29, 0.717) is 33.7 Å². The molecule has 1 amide bonds. The van der Waals surface area contributed by atoms with E-state index in [4.69, 9.17) is 33.3 Å². The van der Waals surface area contributed by atoms with Gasteiger partial charge in [0.1, 0.15) is 10.1 Å². The number of hydrogen-bond acceptors (Lipinski definition) is 5. The van der Waals surface area contributed by atoms with Crippen LogP contribution in [0.15, 0.2) is 41.3 Å². The van der Waals surface area contributed by atoms with Crippen LogP contribution in [0.1, 0.15) is 11.1 Å². The molecule has 1 saturated heterocycles. The number of halogens is 2. The Hall–Kier alpha value is -2.09. The number of methoxy groups -OCH3 is 2. The monoisotopic (exact) mass is 437 g/mol. The van der Waals surface area contributed by atoms with Crippen molar-refractivity contribution in [1.29, 1.82) is 0 Å². The number of thiocarbonyl (C=S) groups is 1. The fourth-order valence-electron chi connectivity index (χ4n) is 2.75. The Bertz CT molecular complexity index is 944. The van der Waals surface area contributed by atoms with Crippen molar-refractivity contribution < 1.29 is 18.7 Å². The van der Waals surface area contributed by atoms with E-state index in [2.05, 4.69) is 0 Å². The first-order valence-electron chi connectivity index (χ1n) is 8.35. The lowest BCUT2D eigenvalue weighted by Crippen LogP contribution is -2.30. The molecule has 2 aromatic carbocycles. The first kappa shape index (κ1) is 20.6. The number of nitrogens with zero attached hydrogens (tertiary/aromatic N) is 1. The van der Waals surface area contributed by atoms with Gasteiger partial charge in [0.2, 0.25) is 0 Å². The minimum atomic E-state index is -0.483. The van der Waals surface area contributed by atoms with Crippen LogP contribution < -0.4 is 9.47 Å². The summed E-state index contributed by atoms with van der Waals surface area (Å²) in [4.78, 5) is 14.6. The summed E-state index contributed by atoms with van der Waals surface area (Å²) in [5, 5.41) is 0.246. The molecule has 0 N–H and O–H groups in total. The molecule has 0 aliphatic carbocycles. The van der Waals surface area contributed by atoms with Gasteiger partial charge in [-0.25, -0.2) is 4.39 Å². The van der Waals surface area contributed by atoms with E-state index in [0.717, 1.165) is 17.3 Å². The van der Waals surface area contributed by atoms with Gasteiger partial charge in [-0.15, -0.1) is 0 Å². The highest BCUT2D eigenvalue weighted by atomic mass is 35.5. The third kappa shape index (κ3) is 4.32. The van der Waals surface area contributed by atoms with E-state index in [1.54, 1.807) is 20.3 Å². The molecule has 28 heavy (non-hydrogen) atoms. The number of rotatable bonds is 6. The second-order valence-electron chi connectivity index (χ2n) is 5.91. The molecule has 0 unspecified atom stereocenters. The summed E-state index contributed by atoms with van der Waals surface area (Å²) >= 11 is 12.5. The molecular formula is C20H17ClFNO3S2. The number of carbonyl (C=O) groups excluding carboxylic acids is 1. The lowest BCUT2D eigenvalue weighted by Gasteiger charge is -2.15. The zero-order valence-corrected chi connectivity index (χ0v) is 17.6. The van der Waals surface area contributed by atoms with Gasteiger partial charge in [0.15, 0.2) is 11.5 Å². The first-order valence-corrected chi connectivity index (χ1v) is 9.95. The topological polar surface area (TPSA) is 38.8 Å². The number of benzene rings is 2. The van der Waals surface area contributed by atoms with Crippen molar-refractivity contribution in [3.63, 3.8) is 0 Å². The van der Waals surface area contributed by atoms with Crippen molar-refractivity contribution in [1.82, 2.24) is 4.90 Å². The van der Waals surface area contributed by atoms with Crippen LogP contribution in [-0.4, -0.2) is 35.9 Å². The van der Waals surface area contributed by atoms with E-state index in [1.807, 2.05) is 18.2 Å². The van der Waals surface area contributed by atoms with Gasteiger partial charge >= 0.3 is 0 Å². The summed E-state index contributed by atoms with van der Waals surface area (Å²) < 4.78 is 25.0. The van der Waals surface area contributed by atoms with Crippen LogP contribution in [0.2, 0.25) is 5.02 Å². The maximum absolute atomic E-state index is 14.0. The van der Waals surface area contributed by atoms with Gasteiger partial charge in [0, 0.05) is 12.1 Å². The largest absolute Gasteiger partial charge is 0.493 e. The van der Waals surface area contributed by atoms with E-state index >= 15 is 0 Å². The van der Waals surface area contributed by atoms with E-state index in [-0.39, 0.29) is 16.5 Å². The summed E-state index contributed by atoms with van der Waals surface area (Å²) in [6, 6.07) is 9.99. The fraction of sp³-hybridized carbons (Fsp3) is 0.200. The van der Waals surface area contributed by atoms with Crippen molar-refractivity contribution in [3.8, 4) is 11.5 Å². The number of carbonyl (C=O) groups is 1. The molecule has 0 saturated carbocycles. The second-order valence-corrected chi connectivity index (χ2v) is 7.99. The number of ether oxygens (including phenoxy) is 2. The Morgan fingerprint density at radius 1 is 1.21 bits per heavy atom. The SMILES string of the molecule is COc1ccc(CCN2C(=O)/C(=C\c3c(F)cccc3Cl)SC2=S)cc1OC. The van der Waals surface area contributed by atoms with Gasteiger partial charge in [0.05, 0.1) is 24.1 Å². The van der Waals surface area contributed by atoms with Crippen LogP contribution in [0.3, 0.4) is 0 Å². The molecule has 8 heteroatoms. The average molecular weight is 438 g/mol. The van der Waals surface area contributed by atoms with Crippen molar-refractivity contribution in [2.24, 2.45) is 0 Å². The maximum Gasteiger partial charge on any atom is 0.266 e. The van der Waals surface area contributed by atoms with Crippen LogP contribution in [0.4, 0.5) is 4.39 Å². The Balaban J connectivity index is 1.75. The zero-order chi connectivity index (χ0) is 20.3. The predicted molar refractivity (Wildman–Crippen MR) is 115 cm³/mol. The molecule has 1 aliphatic rings. The van der Waals surface area contributed by atoms with Crippen LogP contribution in [0.25, 0.3) is 6.08 Å². The maximum atomic E-state index is 14.0. The quantitative estimate of drug-likeness (QED) is 0.472. The highest BCUT2D eigenvalue weighted by molar-refractivity contribution is 8.26. The highest BCUT2D eigenvalue weighted by Gasteiger charge is 2.32. The minimum absolute atomic E-state index is 0.185. The molecule has 0 aromatic heterocycles.